The summed E-state index contributed by atoms with van der Waals surface area (Å²) in [4.78, 5) is 5.16. The van der Waals surface area contributed by atoms with E-state index in [-0.39, 0.29) is 0 Å². The van der Waals surface area contributed by atoms with Gasteiger partial charge in [-0.2, -0.15) is 0 Å². The average molecular weight is 289 g/mol. The van der Waals surface area contributed by atoms with Crippen LogP contribution in [0.3, 0.4) is 0 Å². The van der Waals surface area contributed by atoms with Crippen molar-refractivity contribution in [2.75, 3.05) is 32.7 Å². The van der Waals surface area contributed by atoms with Crippen LogP contribution in [0.5, 0.6) is 0 Å². The Bertz CT molecular complexity index is 396. The molecule has 2 unspecified atom stereocenters. The Balaban J connectivity index is 1.89. The Hall–Kier alpha value is -0.900. The molecule has 1 aliphatic heterocycles. The number of rotatable bonds is 6. The Labute approximate surface area is 130 Å². The first-order valence-corrected chi connectivity index (χ1v) is 8.35. The summed E-state index contributed by atoms with van der Waals surface area (Å²) in [6.07, 6.45) is 1.15. The van der Waals surface area contributed by atoms with Gasteiger partial charge in [0.1, 0.15) is 0 Å². The number of piperazine rings is 1. The molecule has 1 saturated heterocycles. The molecule has 0 aromatic heterocycles. The lowest BCUT2D eigenvalue weighted by Crippen LogP contribution is -2.54. The van der Waals surface area contributed by atoms with E-state index in [2.05, 4.69) is 60.9 Å². The van der Waals surface area contributed by atoms with Crippen molar-refractivity contribution in [2.45, 2.75) is 45.2 Å². The lowest BCUT2D eigenvalue weighted by molar-refractivity contribution is 0.0755. The molecule has 2 rings (SSSR count). The van der Waals surface area contributed by atoms with Crippen LogP contribution in [-0.4, -0.2) is 54.6 Å². The molecule has 2 atom stereocenters. The Morgan fingerprint density at radius 3 is 2.05 bits per heavy atom. The van der Waals surface area contributed by atoms with Crippen molar-refractivity contribution < 1.29 is 0 Å². The van der Waals surface area contributed by atoms with E-state index in [0.717, 1.165) is 26.1 Å². The number of hydrogen-bond acceptors (Lipinski definition) is 3. The molecule has 0 amide bonds. The first-order valence-electron chi connectivity index (χ1n) is 8.35. The molecule has 0 aliphatic carbocycles. The van der Waals surface area contributed by atoms with E-state index in [1.54, 1.807) is 0 Å². The monoisotopic (exact) mass is 289 g/mol. The Morgan fingerprint density at radius 2 is 1.52 bits per heavy atom. The molecule has 0 saturated carbocycles. The van der Waals surface area contributed by atoms with Crippen LogP contribution in [0.15, 0.2) is 30.3 Å². The summed E-state index contributed by atoms with van der Waals surface area (Å²) in [5.74, 6) is 0.572. The van der Waals surface area contributed by atoms with Gasteiger partial charge in [-0.1, -0.05) is 37.3 Å². The van der Waals surface area contributed by atoms with Crippen molar-refractivity contribution >= 4 is 0 Å². The standard InChI is InChI=1S/C18H31N3/c1-15(2)20-9-11-21(12-10-20)18(14-19)13-16(3)17-7-5-4-6-8-17/h4-8,15-16,18H,9-14,19H2,1-3H3. The van der Waals surface area contributed by atoms with Crippen molar-refractivity contribution in [1.82, 2.24) is 9.80 Å². The highest BCUT2D eigenvalue weighted by molar-refractivity contribution is 5.19. The van der Waals surface area contributed by atoms with Crippen LogP contribution in [0.4, 0.5) is 0 Å². The van der Waals surface area contributed by atoms with Gasteiger partial charge in [0.25, 0.3) is 0 Å². The summed E-state index contributed by atoms with van der Waals surface area (Å²) in [5, 5.41) is 0. The molecule has 0 spiro atoms. The minimum absolute atomic E-state index is 0.509. The minimum Gasteiger partial charge on any atom is -0.329 e. The zero-order chi connectivity index (χ0) is 15.2. The summed E-state index contributed by atoms with van der Waals surface area (Å²) in [6, 6.07) is 12.0. The molecule has 0 bridgehead atoms. The molecule has 2 N–H and O–H groups in total. The van der Waals surface area contributed by atoms with E-state index in [1.807, 2.05) is 0 Å². The number of hydrogen-bond donors (Lipinski definition) is 1. The highest BCUT2D eigenvalue weighted by Gasteiger charge is 2.25. The zero-order valence-corrected chi connectivity index (χ0v) is 13.8. The van der Waals surface area contributed by atoms with Crippen LogP contribution in [-0.2, 0) is 0 Å². The minimum atomic E-state index is 0.509. The summed E-state index contributed by atoms with van der Waals surface area (Å²) in [6.45, 7) is 12.3. The molecule has 21 heavy (non-hydrogen) atoms. The van der Waals surface area contributed by atoms with E-state index in [4.69, 9.17) is 5.73 Å². The molecule has 1 aliphatic rings. The third kappa shape index (κ3) is 4.53. The fourth-order valence-electron chi connectivity index (χ4n) is 3.34. The van der Waals surface area contributed by atoms with Gasteiger partial charge >= 0.3 is 0 Å². The van der Waals surface area contributed by atoms with Crippen molar-refractivity contribution in [3.05, 3.63) is 35.9 Å². The van der Waals surface area contributed by atoms with Gasteiger partial charge in [0.05, 0.1) is 0 Å². The van der Waals surface area contributed by atoms with Crippen molar-refractivity contribution in [2.24, 2.45) is 5.73 Å². The predicted octanol–water partition coefficient (Wildman–Crippen LogP) is 2.53. The van der Waals surface area contributed by atoms with E-state index < -0.39 is 0 Å². The maximum atomic E-state index is 6.07. The highest BCUT2D eigenvalue weighted by Crippen LogP contribution is 2.23. The van der Waals surface area contributed by atoms with E-state index >= 15 is 0 Å². The summed E-state index contributed by atoms with van der Waals surface area (Å²) in [7, 11) is 0. The normalized spacial score (nSPS) is 20.6. The lowest BCUT2D eigenvalue weighted by Gasteiger charge is -2.41. The van der Waals surface area contributed by atoms with Gasteiger partial charge in [-0.25, -0.2) is 0 Å². The van der Waals surface area contributed by atoms with Gasteiger partial charge in [0.2, 0.25) is 0 Å². The first kappa shape index (κ1) is 16.5. The third-order valence-electron chi connectivity index (χ3n) is 4.86. The van der Waals surface area contributed by atoms with Gasteiger partial charge in [0, 0.05) is 44.8 Å². The second kappa shape index (κ2) is 7.92. The Kier molecular flexibility index (Phi) is 6.22. The van der Waals surface area contributed by atoms with Gasteiger partial charge in [-0.05, 0) is 31.7 Å². The van der Waals surface area contributed by atoms with E-state index in [9.17, 15) is 0 Å². The van der Waals surface area contributed by atoms with Crippen LogP contribution in [0.25, 0.3) is 0 Å². The van der Waals surface area contributed by atoms with Crippen molar-refractivity contribution in [1.29, 1.82) is 0 Å². The maximum absolute atomic E-state index is 6.07. The number of nitrogens with two attached hydrogens (primary N) is 1. The predicted molar refractivity (Wildman–Crippen MR) is 90.6 cm³/mol. The summed E-state index contributed by atoms with van der Waals surface area (Å²) >= 11 is 0. The second-order valence-corrected chi connectivity index (χ2v) is 6.60. The molecular weight excluding hydrogens is 258 g/mol. The second-order valence-electron chi connectivity index (χ2n) is 6.60. The topological polar surface area (TPSA) is 32.5 Å². The van der Waals surface area contributed by atoms with Gasteiger partial charge in [-0.3, -0.25) is 9.80 Å². The third-order valence-corrected chi connectivity index (χ3v) is 4.86. The van der Waals surface area contributed by atoms with E-state index in [0.29, 0.717) is 18.0 Å². The maximum Gasteiger partial charge on any atom is 0.0225 e. The smallest absolute Gasteiger partial charge is 0.0225 e. The molecule has 118 valence electrons. The fraction of sp³-hybridized carbons (Fsp3) is 0.667. The molecule has 3 nitrogen and oxygen atoms in total. The molecule has 1 fully saturated rings. The van der Waals surface area contributed by atoms with Gasteiger partial charge in [-0.15, -0.1) is 0 Å². The summed E-state index contributed by atoms with van der Waals surface area (Å²) in [5.41, 5.74) is 7.50. The van der Waals surface area contributed by atoms with Crippen LogP contribution >= 0.6 is 0 Å². The van der Waals surface area contributed by atoms with Crippen molar-refractivity contribution in [3.8, 4) is 0 Å². The van der Waals surface area contributed by atoms with Crippen LogP contribution in [0.1, 0.15) is 38.7 Å². The fourth-order valence-corrected chi connectivity index (χ4v) is 3.34. The highest BCUT2D eigenvalue weighted by atomic mass is 15.3. The van der Waals surface area contributed by atoms with Gasteiger partial charge in [0.15, 0.2) is 0 Å². The summed E-state index contributed by atoms with van der Waals surface area (Å²) < 4.78 is 0. The number of benzene rings is 1. The molecule has 0 radical (unpaired) electrons. The molecule has 3 heteroatoms. The van der Waals surface area contributed by atoms with Crippen LogP contribution in [0, 0.1) is 0 Å². The molecule has 1 aromatic rings. The molecule has 1 heterocycles. The van der Waals surface area contributed by atoms with Crippen molar-refractivity contribution in [3.63, 3.8) is 0 Å². The molecular formula is C18H31N3. The first-order chi connectivity index (χ1) is 10.1. The number of nitrogens with zero attached hydrogens (tertiary/aromatic N) is 2. The average Bonchev–Trinajstić information content (AvgIpc) is 2.53. The van der Waals surface area contributed by atoms with Crippen LogP contribution in [0.2, 0.25) is 0 Å². The SMILES string of the molecule is CC(CC(CN)N1CCN(C(C)C)CC1)c1ccccc1. The zero-order valence-electron chi connectivity index (χ0n) is 13.8. The molecule has 1 aromatic carbocycles. The quantitative estimate of drug-likeness (QED) is 0.873. The lowest BCUT2D eigenvalue weighted by atomic mass is 9.93. The van der Waals surface area contributed by atoms with E-state index in [1.165, 1.54) is 18.7 Å². The largest absolute Gasteiger partial charge is 0.329 e. The Morgan fingerprint density at radius 1 is 0.952 bits per heavy atom. The van der Waals surface area contributed by atoms with Gasteiger partial charge < -0.3 is 5.73 Å². The van der Waals surface area contributed by atoms with Crippen LogP contribution < -0.4 is 5.73 Å².